The van der Waals surface area contributed by atoms with Gasteiger partial charge in [0.25, 0.3) is 0 Å². The number of hydrogen-bond acceptors (Lipinski definition) is 1. The molecule has 1 aromatic carbocycles. The lowest BCUT2D eigenvalue weighted by Crippen LogP contribution is -1.98. The average molecular weight is 201 g/mol. The van der Waals surface area contributed by atoms with Gasteiger partial charge in [0.15, 0.2) is 0 Å². The first-order chi connectivity index (χ1) is 7.25. The number of aromatic nitrogens is 1. The first kappa shape index (κ1) is 8.53. The van der Waals surface area contributed by atoms with Gasteiger partial charge >= 0.3 is 5.97 Å². The minimum Gasteiger partial charge on any atom is -0.481 e. The third-order valence-corrected chi connectivity index (χ3v) is 3.06. The van der Waals surface area contributed by atoms with Crippen molar-refractivity contribution in [2.45, 2.75) is 12.3 Å². The van der Waals surface area contributed by atoms with Crippen molar-refractivity contribution in [1.82, 2.24) is 4.98 Å². The SMILES string of the molecule is O=C(O)[C@@H]1C[C@H]1c1cc2ccccc2[nH]1. The van der Waals surface area contributed by atoms with E-state index in [0.29, 0.717) is 0 Å². The number of carboxylic acids is 1. The van der Waals surface area contributed by atoms with Crippen LogP contribution in [0.15, 0.2) is 30.3 Å². The Morgan fingerprint density at radius 3 is 2.87 bits per heavy atom. The van der Waals surface area contributed by atoms with Crippen LogP contribution in [0.5, 0.6) is 0 Å². The Balaban J connectivity index is 1.97. The van der Waals surface area contributed by atoms with Crippen LogP contribution in [0.3, 0.4) is 0 Å². The average Bonchev–Trinajstić information content (AvgIpc) is 2.91. The fourth-order valence-corrected chi connectivity index (χ4v) is 2.11. The van der Waals surface area contributed by atoms with E-state index in [-0.39, 0.29) is 11.8 Å². The van der Waals surface area contributed by atoms with E-state index in [9.17, 15) is 4.79 Å². The fourth-order valence-electron chi connectivity index (χ4n) is 2.11. The van der Waals surface area contributed by atoms with Crippen LogP contribution < -0.4 is 0 Å². The minimum absolute atomic E-state index is 0.182. The van der Waals surface area contributed by atoms with E-state index in [1.807, 2.05) is 24.3 Å². The first-order valence-electron chi connectivity index (χ1n) is 5.06. The Morgan fingerprint density at radius 2 is 2.20 bits per heavy atom. The van der Waals surface area contributed by atoms with E-state index < -0.39 is 5.97 Å². The predicted molar refractivity (Wildman–Crippen MR) is 56.8 cm³/mol. The summed E-state index contributed by atoms with van der Waals surface area (Å²) >= 11 is 0. The summed E-state index contributed by atoms with van der Waals surface area (Å²) in [6.07, 6.45) is 0.766. The van der Waals surface area contributed by atoms with Gasteiger partial charge in [0, 0.05) is 17.1 Å². The molecule has 3 heteroatoms. The van der Waals surface area contributed by atoms with Crippen molar-refractivity contribution >= 4 is 16.9 Å². The second kappa shape index (κ2) is 2.86. The van der Waals surface area contributed by atoms with Crippen molar-refractivity contribution in [2.24, 2.45) is 5.92 Å². The fraction of sp³-hybridized carbons (Fsp3) is 0.250. The first-order valence-corrected chi connectivity index (χ1v) is 5.06. The van der Waals surface area contributed by atoms with Gasteiger partial charge in [-0.3, -0.25) is 4.79 Å². The number of nitrogens with one attached hydrogen (secondary N) is 1. The topological polar surface area (TPSA) is 53.1 Å². The third kappa shape index (κ3) is 1.31. The van der Waals surface area contributed by atoms with Gasteiger partial charge in [-0.2, -0.15) is 0 Å². The van der Waals surface area contributed by atoms with Crippen LogP contribution in [-0.4, -0.2) is 16.1 Å². The summed E-state index contributed by atoms with van der Waals surface area (Å²) in [7, 11) is 0. The molecule has 0 saturated heterocycles. The van der Waals surface area contributed by atoms with E-state index in [1.54, 1.807) is 0 Å². The van der Waals surface area contributed by atoms with Crippen molar-refractivity contribution in [2.75, 3.05) is 0 Å². The van der Waals surface area contributed by atoms with Crippen LogP contribution in [0.25, 0.3) is 10.9 Å². The second-order valence-corrected chi connectivity index (χ2v) is 4.10. The molecule has 1 aliphatic carbocycles. The molecule has 0 bridgehead atoms. The Labute approximate surface area is 86.7 Å². The summed E-state index contributed by atoms with van der Waals surface area (Å²) < 4.78 is 0. The molecule has 2 atom stereocenters. The zero-order valence-corrected chi connectivity index (χ0v) is 8.10. The van der Waals surface area contributed by atoms with Gasteiger partial charge in [-0.15, -0.1) is 0 Å². The standard InChI is InChI=1S/C12H11NO2/c14-12(15)9-6-8(9)11-5-7-3-1-2-4-10(7)13-11/h1-5,8-9,13H,6H2,(H,14,15)/t8-,9-/m1/s1. The molecule has 1 aromatic heterocycles. The number of fused-ring (bicyclic) bond motifs is 1. The van der Waals surface area contributed by atoms with Crippen LogP contribution in [0.4, 0.5) is 0 Å². The second-order valence-electron chi connectivity index (χ2n) is 4.10. The Hall–Kier alpha value is -1.77. The van der Waals surface area contributed by atoms with Gasteiger partial charge in [0.2, 0.25) is 0 Å². The molecule has 1 heterocycles. The zero-order valence-electron chi connectivity index (χ0n) is 8.10. The van der Waals surface area contributed by atoms with Crippen LogP contribution >= 0.6 is 0 Å². The van der Waals surface area contributed by atoms with E-state index >= 15 is 0 Å². The van der Waals surface area contributed by atoms with Crippen molar-refractivity contribution < 1.29 is 9.90 Å². The normalized spacial score (nSPS) is 24.3. The maximum Gasteiger partial charge on any atom is 0.307 e. The van der Waals surface area contributed by atoms with Crippen LogP contribution in [0.1, 0.15) is 18.0 Å². The molecule has 76 valence electrons. The van der Waals surface area contributed by atoms with Gasteiger partial charge in [-0.05, 0) is 23.9 Å². The van der Waals surface area contributed by atoms with E-state index in [2.05, 4.69) is 11.1 Å². The molecule has 1 fully saturated rings. The molecule has 2 aromatic rings. The predicted octanol–water partition coefficient (Wildman–Crippen LogP) is 2.36. The molecule has 0 aliphatic heterocycles. The lowest BCUT2D eigenvalue weighted by molar-refractivity contribution is -0.138. The zero-order chi connectivity index (χ0) is 10.4. The van der Waals surface area contributed by atoms with Gasteiger partial charge < -0.3 is 10.1 Å². The summed E-state index contributed by atoms with van der Waals surface area (Å²) in [6.45, 7) is 0. The number of carbonyl (C=O) groups is 1. The van der Waals surface area contributed by atoms with Gasteiger partial charge in [-0.25, -0.2) is 0 Å². The smallest absolute Gasteiger partial charge is 0.307 e. The lowest BCUT2D eigenvalue weighted by atomic mass is 10.2. The monoisotopic (exact) mass is 201 g/mol. The number of para-hydroxylation sites is 1. The largest absolute Gasteiger partial charge is 0.481 e. The Bertz CT molecular complexity index is 496. The van der Waals surface area contributed by atoms with Crippen molar-refractivity contribution in [3.8, 4) is 0 Å². The molecule has 0 unspecified atom stereocenters. The molecule has 3 rings (SSSR count). The lowest BCUT2D eigenvalue weighted by Gasteiger charge is -1.91. The van der Waals surface area contributed by atoms with Gasteiger partial charge in [0.1, 0.15) is 0 Å². The number of benzene rings is 1. The molecule has 3 nitrogen and oxygen atoms in total. The van der Waals surface area contributed by atoms with Crippen molar-refractivity contribution in [3.63, 3.8) is 0 Å². The molecule has 2 N–H and O–H groups in total. The molecular weight excluding hydrogens is 190 g/mol. The van der Waals surface area contributed by atoms with Crippen molar-refractivity contribution in [1.29, 1.82) is 0 Å². The number of carboxylic acid groups (broad SMARTS) is 1. The molecular formula is C12H11NO2. The van der Waals surface area contributed by atoms with Gasteiger partial charge in [0.05, 0.1) is 5.92 Å². The van der Waals surface area contributed by atoms with E-state index in [0.717, 1.165) is 23.0 Å². The number of hydrogen-bond donors (Lipinski definition) is 2. The highest BCUT2D eigenvalue weighted by Crippen LogP contribution is 2.47. The molecule has 0 spiro atoms. The molecule has 0 radical (unpaired) electrons. The van der Waals surface area contributed by atoms with E-state index in [4.69, 9.17) is 5.11 Å². The maximum absolute atomic E-state index is 10.7. The highest BCUT2D eigenvalue weighted by Gasteiger charge is 2.45. The van der Waals surface area contributed by atoms with Gasteiger partial charge in [-0.1, -0.05) is 18.2 Å². The minimum atomic E-state index is -0.682. The van der Waals surface area contributed by atoms with E-state index in [1.165, 1.54) is 0 Å². The van der Waals surface area contributed by atoms with Crippen LogP contribution in [-0.2, 0) is 4.79 Å². The van der Waals surface area contributed by atoms with Crippen LogP contribution in [0.2, 0.25) is 0 Å². The number of aliphatic carboxylic acids is 1. The Morgan fingerprint density at radius 1 is 1.40 bits per heavy atom. The van der Waals surface area contributed by atoms with Crippen LogP contribution in [0, 0.1) is 5.92 Å². The molecule has 0 amide bonds. The number of H-pyrrole nitrogens is 1. The van der Waals surface area contributed by atoms with Crippen molar-refractivity contribution in [3.05, 3.63) is 36.0 Å². The molecule has 1 saturated carbocycles. The summed E-state index contributed by atoms with van der Waals surface area (Å²) in [5, 5.41) is 10.0. The summed E-state index contributed by atoms with van der Waals surface area (Å²) in [4.78, 5) is 14.0. The molecule has 1 aliphatic rings. The highest BCUT2D eigenvalue weighted by molar-refractivity contribution is 5.82. The summed E-state index contributed by atoms with van der Waals surface area (Å²) in [6, 6.07) is 10.1. The summed E-state index contributed by atoms with van der Waals surface area (Å²) in [5.74, 6) is -0.674. The number of aromatic amines is 1. The maximum atomic E-state index is 10.7. The molecule has 15 heavy (non-hydrogen) atoms. The third-order valence-electron chi connectivity index (χ3n) is 3.06. The Kier molecular flexibility index (Phi) is 1.63. The number of rotatable bonds is 2. The highest BCUT2D eigenvalue weighted by atomic mass is 16.4. The summed E-state index contributed by atoms with van der Waals surface area (Å²) in [5.41, 5.74) is 2.15. The quantitative estimate of drug-likeness (QED) is 0.783.